The first-order valence-corrected chi connectivity index (χ1v) is 6.52. The van der Waals surface area contributed by atoms with Crippen LogP contribution in [0.5, 0.6) is 11.5 Å². The number of aromatic hydroxyl groups is 1. The third-order valence-electron chi connectivity index (χ3n) is 2.80. The fraction of sp³-hybridized carbons (Fsp3) is 0.467. The zero-order chi connectivity index (χ0) is 15.1. The molecular weight excluding hydrogens is 256 g/mol. The molecule has 1 aromatic rings. The lowest BCUT2D eigenvalue weighted by Gasteiger charge is -2.24. The summed E-state index contributed by atoms with van der Waals surface area (Å²) >= 11 is 0. The lowest BCUT2D eigenvalue weighted by Crippen LogP contribution is -2.35. The van der Waals surface area contributed by atoms with Crippen LogP contribution < -0.4 is 4.74 Å². The Balaban J connectivity index is 2.96. The van der Waals surface area contributed by atoms with Crippen LogP contribution in [0.2, 0.25) is 0 Å². The molecule has 1 aromatic carbocycles. The molecule has 1 rings (SSSR count). The van der Waals surface area contributed by atoms with Gasteiger partial charge in [0, 0.05) is 19.2 Å². The first-order chi connectivity index (χ1) is 9.49. The number of carbonyl (C=O) groups is 1. The lowest BCUT2D eigenvalue weighted by molar-refractivity contribution is 0.0737. The van der Waals surface area contributed by atoms with Crippen molar-refractivity contribution in [2.75, 3.05) is 20.2 Å². The van der Waals surface area contributed by atoms with Crippen molar-refractivity contribution in [1.29, 1.82) is 5.26 Å². The van der Waals surface area contributed by atoms with E-state index >= 15 is 0 Å². The number of benzene rings is 1. The predicted octanol–water partition coefficient (Wildman–Crippen LogP) is 2.41. The Hall–Kier alpha value is -2.22. The Morgan fingerprint density at radius 3 is 2.70 bits per heavy atom. The number of hydrogen-bond acceptors (Lipinski definition) is 4. The highest BCUT2D eigenvalue weighted by Gasteiger charge is 2.20. The summed E-state index contributed by atoms with van der Waals surface area (Å²) in [5.41, 5.74) is 0.226. The van der Waals surface area contributed by atoms with Crippen molar-refractivity contribution in [1.82, 2.24) is 4.90 Å². The molecule has 0 fully saturated rings. The van der Waals surface area contributed by atoms with E-state index in [9.17, 15) is 9.90 Å². The molecule has 0 aliphatic carbocycles. The number of rotatable bonds is 6. The molecule has 1 amide bonds. The summed E-state index contributed by atoms with van der Waals surface area (Å²) < 4.78 is 4.99. The Kier molecular flexibility index (Phi) is 5.85. The largest absolute Gasteiger partial charge is 0.507 e. The minimum atomic E-state index is -0.269. The smallest absolute Gasteiger partial charge is 0.257 e. The summed E-state index contributed by atoms with van der Waals surface area (Å²) in [5.74, 6) is 0.402. The number of carbonyl (C=O) groups excluding carboxylic acids is 1. The van der Waals surface area contributed by atoms with E-state index in [1.165, 1.54) is 19.2 Å². The number of amides is 1. The van der Waals surface area contributed by atoms with Crippen LogP contribution in [0.25, 0.3) is 0 Å². The maximum Gasteiger partial charge on any atom is 0.257 e. The Morgan fingerprint density at radius 1 is 1.50 bits per heavy atom. The zero-order valence-electron chi connectivity index (χ0n) is 12.1. The van der Waals surface area contributed by atoms with Crippen LogP contribution in [0, 0.1) is 17.2 Å². The van der Waals surface area contributed by atoms with Crippen LogP contribution in [0.15, 0.2) is 18.2 Å². The maximum atomic E-state index is 12.4. The number of hydrogen-bond donors (Lipinski definition) is 1. The van der Waals surface area contributed by atoms with Crippen LogP contribution in [0.3, 0.4) is 0 Å². The second-order valence-corrected chi connectivity index (χ2v) is 4.94. The number of methoxy groups -OCH3 is 1. The van der Waals surface area contributed by atoms with Crippen LogP contribution in [-0.2, 0) is 0 Å². The highest BCUT2D eigenvalue weighted by Crippen LogP contribution is 2.25. The molecule has 108 valence electrons. The van der Waals surface area contributed by atoms with Crippen LogP contribution in [-0.4, -0.2) is 36.1 Å². The third kappa shape index (κ3) is 4.16. The van der Waals surface area contributed by atoms with Gasteiger partial charge in [-0.1, -0.05) is 13.8 Å². The molecule has 20 heavy (non-hydrogen) atoms. The Labute approximate surface area is 119 Å². The molecule has 0 aliphatic rings. The summed E-state index contributed by atoms with van der Waals surface area (Å²) in [6.07, 6.45) is 0.273. The van der Waals surface area contributed by atoms with Gasteiger partial charge in [-0.15, -0.1) is 0 Å². The molecule has 0 spiro atoms. The fourth-order valence-corrected chi connectivity index (χ4v) is 1.89. The Bertz CT molecular complexity index is 506. The highest BCUT2D eigenvalue weighted by atomic mass is 16.5. The van der Waals surface area contributed by atoms with Crippen molar-refractivity contribution >= 4 is 5.91 Å². The van der Waals surface area contributed by atoms with Gasteiger partial charge in [-0.2, -0.15) is 5.26 Å². The van der Waals surface area contributed by atoms with Crippen molar-refractivity contribution in [2.24, 2.45) is 5.92 Å². The lowest BCUT2D eigenvalue weighted by atomic mass is 10.1. The average molecular weight is 276 g/mol. The molecule has 1 N–H and O–H groups in total. The molecule has 0 unspecified atom stereocenters. The number of nitrogens with zero attached hydrogens (tertiary/aromatic N) is 2. The van der Waals surface area contributed by atoms with E-state index in [-0.39, 0.29) is 29.6 Å². The molecule has 0 aromatic heterocycles. The molecule has 5 heteroatoms. The van der Waals surface area contributed by atoms with Crippen LogP contribution >= 0.6 is 0 Å². The summed E-state index contributed by atoms with van der Waals surface area (Å²) in [4.78, 5) is 14.0. The van der Waals surface area contributed by atoms with Gasteiger partial charge in [0.2, 0.25) is 0 Å². The van der Waals surface area contributed by atoms with Crippen molar-refractivity contribution in [3.8, 4) is 17.6 Å². The molecule has 5 nitrogen and oxygen atoms in total. The fourth-order valence-electron chi connectivity index (χ4n) is 1.89. The number of phenols is 1. The highest BCUT2D eigenvalue weighted by molar-refractivity contribution is 5.97. The second kappa shape index (κ2) is 7.39. The van der Waals surface area contributed by atoms with Gasteiger partial charge in [0.15, 0.2) is 0 Å². The van der Waals surface area contributed by atoms with Gasteiger partial charge in [-0.3, -0.25) is 4.79 Å². The summed E-state index contributed by atoms with van der Waals surface area (Å²) in [6.45, 7) is 4.91. The average Bonchev–Trinajstić information content (AvgIpc) is 2.42. The quantitative estimate of drug-likeness (QED) is 0.866. The van der Waals surface area contributed by atoms with Gasteiger partial charge in [-0.05, 0) is 18.1 Å². The number of ether oxygens (including phenoxy) is 1. The molecular formula is C15H20N2O3. The SMILES string of the molecule is COc1ccc(C(=O)N(CCC#N)CC(C)C)c(O)c1. The molecule has 0 saturated heterocycles. The van der Waals surface area contributed by atoms with E-state index < -0.39 is 0 Å². The van der Waals surface area contributed by atoms with Crippen LogP contribution in [0.1, 0.15) is 30.6 Å². The van der Waals surface area contributed by atoms with Crippen molar-refractivity contribution in [3.05, 3.63) is 23.8 Å². The van der Waals surface area contributed by atoms with Gasteiger partial charge < -0.3 is 14.7 Å². The normalized spacial score (nSPS) is 10.2. The van der Waals surface area contributed by atoms with E-state index in [4.69, 9.17) is 10.00 Å². The first kappa shape index (κ1) is 15.8. The molecule has 0 saturated carbocycles. The van der Waals surface area contributed by atoms with Gasteiger partial charge >= 0.3 is 0 Å². The van der Waals surface area contributed by atoms with E-state index in [2.05, 4.69) is 0 Å². The number of phenolic OH excluding ortho intramolecular Hbond substituents is 1. The van der Waals surface area contributed by atoms with Gasteiger partial charge in [0.25, 0.3) is 5.91 Å². The maximum absolute atomic E-state index is 12.4. The zero-order valence-corrected chi connectivity index (χ0v) is 12.1. The predicted molar refractivity (Wildman–Crippen MR) is 75.6 cm³/mol. The van der Waals surface area contributed by atoms with E-state index in [1.54, 1.807) is 11.0 Å². The van der Waals surface area contributed by atoms with Crippen molar-refractivity contribution in [2.45, 2.75) is 20.3 Å². The molecule has 0 heterocycles. The first-order valence-electron chi connectivity index (χ1n) is 6.52. The monoisotopic (exact) mass is 276 g/mol. The summed E-state index contributed by atoms with van der Waals surface area (Å²) in [7, 11) is 1.49. The summed E-state index contributed by atoms with van der Waals surface area (Å²) in [5, 5.41) is 18.6. The Morgan fingerprint density at radius 2 is 2.20 bits per heavy atom. The standard InChI is InChI=1S/C15H20N2O3/c1-11(2)10-17(8-4-7-16)15(19)13-6-5-12(20-3)9-14(13)18/h5-6,9,11,18H,4,8,10H2,1-3H3. The topological polar surface area (TPSA) is 73.6 Å². The molecule has 0 bridgehead atoms. The molecule has 0 aliphatic heterocycles. The third-order valence-corrected chi connectivity index (χ3v) is 2.80. The van der Waals surface area contributed by atoms with Crippen molar-refractivity contribution in [3.63, 3.8) is 0 Å². The van der Waals surface area contributed by atoms with E-state index in [0.717, 1.165) is 0 Å². The minimum Gasteiger partial charge on any atom is -0.507 e. The van der Waals surface area contributed by atoms with Gasteiger partial charge in [0.1, 0.15) is 11.5 Å². The number of nitriles is 1. The summed E-state index contributed by atoms with van der Waals surface area (Å²) in [6, 6.07) is 6.61. The molecule has 0 atom stereocenters. The van der Waals surface area contributed by atoms with E-state index in [1.807, 2.05) is 19.9 Å². The second-order valence-electron chi connectivity index (χ2n) is 4.94. The van der Waals surface area contributed by atoms with E-state index in [0.29, 0.717) is 18.8 Å². The van der Waals surface area contributed by atoms with Gasteiger partial charge in [-0.25, -0.2) is 0 Å². The van der Waals surface area contributed by atoms with Crippen LogP contribution in [0.4, 0.5) is 0 Å². The van der Waals surface area contributed by atoms with Gasteiger partial charge in [0.05, 0.1) is 25.2 Å². The molecule has 0 radical (unpaired) electrons. The van der Waals surface area contributed by atoms with Crippen molar-refractivity contribution < 1.29 is 14.6 Å². The minimum absolute atomic E-state index is 0.111.